The number of rotatable bonds is 5. The zero-order valence-corrected chi connectivity index (χ0v) is 14.4. The first-order chi connectivity index (χ1) is 13.2. The lowest BCUT2D eigenvalue weighted by molar-refractivity contribution is -0.0507. The van der Waals surface area contributed by atoms with Crippen LogP contribution in [0.2, 0.25) is 0 Å². The molecular formula is C18H17F2N5O2. The summed E-state index contributed by atoms with van der Waals surface area (Å²) in [4.78, 5) is 0. The van der Waals surface area contributed by atoms with Gasteiger partial charge in [-0.25, -0.2) is 4.68 Å². The standard InChI is InChI=1S/C18H17F2N5O2/c1-26-12-8-6-11(7-9-12)14-10-15(25-18(21-14)22-23-24-25)13-4-2-3-5-16(13)27-17(19)20/h2-9,14-15,17H,10H2,1H3,(H,21,22,24)/t14-,15+/m0/s1. The van der Waals surface area contributed by atoms with Crippen molar-refractivity contribution in [3.8, 4) is 11.5 Å². The van der Waals surface area contributed by atoms with Crippen molar-refractivity contribution in [3.05, 3.63) is 59.7 Å². The molecule has 140 valence electrons. The molecule has 1 N–H and O–H groups in total. The van der Waals surface area contributed by atoms with Crippen LogP contribution in [0.5, 0.6) is 11.5 Å². The quantitative estimate of drug-likeness (QED) is 0.739. The van der Waals surface area contributed by atoms with Crippen molar-refractivity contribution < 1.29 is 18.3 Å². The number of hydrogen-bond donors (Lipinski definition) is 1. The molecule has 0 bridgehead atoms. The molecule has 27 heavy (non-hydrogen) atoms. The van der Waals surface area contributed by atoms with Gasteiger partial charge in [0.05, 0.1) is 19.2 Å². The lowest BCUT2D eigenvalue weighted by Crippen LogP contribution is -2.28. The number of alkyl halides is 2. The fourth-order valence-corrected chi connectivity index (χ4v) is 3.31. The van der Waals surface area contributed by atoms with Crippen LogP contribution in [0.25, 0.3) is 0 Å². The zero-order valence-electron chi connectivity index (χ0n) is 14.4. The van der Waals surface area contributed by atoms with Crippen molar-refractivity contribution in [2.45, 2.75) is 25.1 Å². The molecule has 0 amide bonds. The fourth-order valence-electron chi connectivity index (χ4n) is 3.31. The predicted octanol–water partition coefficient (Wildman–Crippen LogP) is 3.43. The normalized spacial score (nSPS) is 18.7. The Morgan fingerprint density at radius 2 is 1.93 bits per heavy atom. The minimum atomic E-state index is -2.90. The van der Waals surface area contributed by atoms with Gasteiger partial charge in [0.2, 0.25) is 5.95 Å². The third-order valence-corrected chi connectivity index (χ3v) is 4.56. The van der Waals surface area contributed by atoms with Crippen LogP contribution in [-0.2, 0) is 0 Å². The Balaban J connectivity index is 1.70. The second kappa shape index (κ2) is 7.18. The molecule has 3 aromatic rings. The number of para-hydroxylation sites is 1. The molecule has 0 aliphatic carbocycles. The van der Waals surface area contributed by atoms with Crippen molar-refractivity contribution in [2.75, 3.05) is 12.4 Å². The van der Waals surface area contributed by atoms with Gasteiger partial charge in [-0.15, -0.1) is 0 Å². The summed E-state index contributed by atoms with van der Waals surface area (Å²) < 4.78 is 37.1. The maximum atomic E-state index is 12.8. The molecule has 2 atom stereocenters. The van der Waals surface area contributed by atoms with Gasteiger partial charge in [0.1, 0.15) is 11.5 Å². The zero-order chi connectivity index (χ0) is 18.8. The smallest absolute Gasteiger partial charge is 0.387 e. The Hall–Kier alpha value is -3.23. The van der Waals surface area contributed by atoms with E-state index < -0.39 is 6.61 Å². The molecule has 2 heterocycles. The van der Waals surface area contributed by atoms with Crippen LogP contribution in [0.3, 0.4) is 0 Å². The number of halogens is 2. The number of ether oxygens (including phenoxy) is 2. The van der Waals surface area contributed by atoms with Crippen LogP contribution in [0, 0.1) is 0 Å². The Morgan fingerprint density at radius 3 is 2.67 bits per heavy atom. The highest BCUT2D eigenvalue weighted by atomic mass is 19.3. The average Bonchev–Trinajstić information content (AvgIpc) is 3.16. The SMILES string of the molecule is COc1ccc([C@@H]2C[C@H](c3ccccc3OC(F)F)n3nnnc3N2)cc1. The summed E-state index contributed by atoms with van der Waals surface area (Å²) >= 11 is 0. The number of aromatic nitrogens is 4. The highest BCUT2D eigenvalue weighted by Crippen LogP contribution is 2.40. The van der Waals surface area contributed by atoms with Gasteiger partial charge in [0.15, 0.2) is 0 Å². The molecule has 0 radical (unpaired) electrons. The van der Waals surface area contributed by atoms with E-state index in [2.05, 4.69) is 20.8 Å². The topological polar surface area (TPSA) is 74.1 Å². The number of anilines is 1. The minimum Gasteiger partial charge on any atom is -0.497 e. The third-order valence-electron chi connectivity index (χ3n) is 4.56. The van der Waals surface area contributed by atoms with Crippen molar-refractivity contribution >= 4 is 5.95 Å². The van der Waals surface area contributed by atoms with Crippen LogP contribution in [0.15, 0.2) is 48.5 Å². The maximum absolute atomic E-state index is 12.8. The van der Waals surface area contributed by atoms with Crippen LogP contribution < -0.4 is 14.8 Å². The van der Waals surface area contributed by atoms with E-state index in [1.807, 2.05) is 24.3 Å². The molecule has 0 saturated carbocycles. The van der Waals surface area contributed by atoms with E-state index in [-0.39, 0.29) is 17.8 Å². The van der Waals surface area contributed by atoms with E-state index in [0.29, 0.717) is 17.9 Å². The van der Waals surface area contributed by atoms with E-state index in [1.165, 1.54) is 6.07 Å². The second-order valence-corrected chi connectivity index (χ2v) is 6.08. The van der Waals surface area contributed by atoms with Crippen molar-refractivity contribution in [1.82, 2.24) is 20.2 Å². The number of fused-ring (bicyclic) bond motifs is 1. The molecule has 0 saturated heterocycles. The van der Waals surface area contributed by atoms with Crippen molar-refractivity contribution in [3.63, 3.8) is 0 Å². The number of methoxy groups -OCH3 is 1. The molecule has 0 spiro atoms. The number of hydrogen-bond acceptors (Lipinski definition) is 6. The molecular weight excluding hydrogens is 356 g/mol. The summed E-state index contributed by atoms with van der Waals surface area (Å²) in [6.45, 7) is -2.90. The second-order valence-electron chi connectivity index (χ2n) is 6.08. The van der Waals surface area contributed by atoms with E-state index in [1.54, 1.807) is 30.0 Å². The first kappa shape index (κ1) is 17.2. The van der Waals surface area contributed by atoms with E-state index in [4.69, 9.17) is 9.47 Å². The Bertz CT molecular complexity index is 916. The number of tetrazole rings is 1. The molecule has 9 heteroatoms. The Kier molecular flexibility index (Phi) is 4.57. The van der Waals surface area contributed by atoms with Gasteiger partial charge in [-0.3, -0.25) is 0 Å². The monoisotopic (exact) mass is 373 g/mol. The van der Waals surface area contributed by atoms with Crippen LogP contribution >= 0.6 is 0 Å². The third kappa shape index (κ3) is 3.40. The van der Waals surface area contributed by atoms with E-state index in [9.17, 15) is 8.78 Å². The van der Waals surface area contributed by atoms with Crippen LogP contribution in [0.4, 0.5) is 14.7 Å². The van der Waals surface area contributed by atoms with Gasteiger partial charge in [0, 0.05) is 5.56 Å². The molecule has 2 aromatic carbocycles. The molecule has 1 aliphatic heterocycles. The van der Waals surface area contributed by atoms with Gasteiger partial charge in [-0.05, 0) is 40.6 Å². The first-order valence-corrected chi connectivity index (χ1v) is 8.38. The van der Waals surface area contributed by atoms with Crippen LogP contribution in [0.1, 0.15) is 29.6 Å². The van der Waals surface area contributed by atoms with Gasteiger partial charge < -0.3 is 14.8 Å². The summed E-state index contributed by atoms with van der Waals surface area (Å²) in [5.41, 5.74) is 1.62. The number of nitrogens with one attached hydrogen (secondary N) is 1. The molecule has 1 aromatic heterocycles. The summed E-state index contributed by atoms with van der Waals surface area (Å²) in [6, 6.07) is 13.9. The van der Waals surface area contributed by atoms with E-state index >= 15 is 0 Å². The first-order valence-electron chi connectivity index (χ1n) is 8.38. The number of nitrogens with zero attached hydrogens (tertiary/aromatic N) is 4. The molecule has 0 fully saturated rings. The summed E-state index contributed by atoms with van der Waals surface area (Å²) in [7, 11) is 1.61. The van der Waals surface area contributed by atoms with Gasteiger partial charge in [-0.1, -0.05) is 35.4 Å². The van der Waals surface area contributed by atoms with Gasteiger partial charge in [-0.2, -0.15) is 8.78 Å². The highest BCUT2D eigenvalue weighted by molar-refractivity contribution is 5.43. The highest BCUT2D eigenvalue weighted by Gasteiger charge is 2.32. The summed E-state index contributed by atoms with van der Waals surface area (Å²) in [5.74, 6) is 1.35. The van der Waals surface area contributed by atoms with Crippen LogP contribution in [-0.4, -0.2) is 33.9 Å². The lowest BCUT2D eigenvalue weighted by Gasteiger charge is -2.31. The predicted molar refractivity (Wildman–Crippen MR) is 93.0 cm³/mol. The Labute approximate surface area is 153 Å². The Morgan fingerprint density at radius 1 is 1.15 bits per heavy atom. The summed E-state index contributed by atoms with van der Waals surface area (Å²) in [5, 5.41) is 15.0. The minimum absolute atomic E-state index is 0.0981. The van der Waals surface area contributed by atoms with Gasteiger partial charge >= 0.3 is 6.61 Å². The van der Waals surface area contributed by atoms with Gasteiger partial charge in [0.25, 0.3) is 0 Å². The molecule has 7 nitrogen and oxygen atoms in total. The average molecular weight is 373 g/mol. The maximum Gasteiger partial charge on any atom is 0.387 e. The molecule has 0 unspecified atom stereocenters. The fraction of sp³-hybridized carbons (Fsp3) is 0.278. The van der Waals surface area contributed by atoms with Crippen molar-refractivity contribution in [2.24, 2.45) is 0 Å². The molecule has 4 rings (SSSR count). The molecule has 1 aliphatic rings. The summed E-state index contributed by atoms with van der Waals surface area (Å²) in [6.07, 6.45) is 0.563. The van der Waals surface area contributed by atoms with Crippen molar-refractivity contribution in [1.29, 1.82) is 0 Å². The lowest BCUT2D eigenvalue weighted by atomic mass is 9.93. The largest absolute Gasteiger partial charge is 0.497 e. The van der Waals surface area contributed by atoms with E-state index in [0.717, 1.165) is 11.3 Å². The number of benzene rings is 2.